The van der Waals surface area contributed by atoms with Gasteiger partial charge in [0.2, 0.25) is 21.8 Å². The van der Waals surface area contributed by atoms with Crippen molar-refractivity contribution in [1.82, 2.24) is 10.2 Å². The van der Waals surface area contributed by atoms with Crippen molar-refractivity contribution < 1.29 is 22.4 Å². The van der Waals surface area contributed by atoms with Gasteiger partial charge in [0.05, 0.1) is 11.9 Å². The van der Waals surface area contributed by atoms with E-state index in [1.54, 1.807) is 37.3 Å². The Labute approximate surface area is 208 Å². The van der Waals surface area contributed by atoms with E-state index in [4.69, 9.17) is 0 Å². The maximum atomic E-state index is 13.6. The van der Waals surface area contributed by atoms with E-state index in [1.165, 1.54) is 17.0 Å². The first-order valence-corrected chi connectivity index (χ1v) is 13.7. The van der Waals surface area contributed by atoms with Gasteiger partial charge in [0.1, 0.15) is 18.4 Å². The number of amides is 2. The lowest BCUT2D eigenvalue weighted by molar-refractivity contribution is -0.140. The molecule has 0 unspecified atom stereocenters. The molecule has 2 amide bonds. The number of anilines is 1. The van der Waals surface area contributed by atoms with E-state index in [9.17, 15) is 22.4 Å². The van der Waals surface area contributed by atoms with Gasteiger partial charge in [-0.25, -0.2) is 12.8 Å². The lowest BCUT2D eigenvalue weighted by Gasteiger charge is -2.33. The number of rotatable bonds is 12. The van der Waals surface area contributed by atoms with E-state index in [2.05, 4.69) is 5.32 Å². The molecule has 1 N–H and O–H groups in total. The molecule has 0 aliphatic carbocycles. The Balaban J connectivity index is 2.41. The van der Waals surface area contributed by atoms with Crippen molar-refractivity contribution in [3.8, 4) is 0 Å². The highest BCUT2D eigenvalue weighted by atomic mass is 32.2. The zero-order chi connectivity index (χ0) is 26.2. The SMILES string of the molecule is CCCCNC(=O)[C@H](CC)N(Cc1ccc(F)cc1)C(=O)CN(c1ccc(C)c(C)c1)S(C)(=O)=O. The second-order valence-electron chi connectivity index (χ2n) is 8.75. The summed E-state index contributed by atoms with van der Waals surface area (Å²) in [5, 5.41) is 2.87. The number of hydrogen-bond acceptors (Lipinski definition) is 4. The highest BCUT2D eigenvalue weighted by molar-refractivity contribution is 7.92. The molecule has 0 aromatic heterocycles. The van der Waals surface area contributed by atoms with Gasteiger partial charge in [0, 0.05) is 13.1 Å². The van der Waals surface area contributed by atoms with Crippen molar-refractivity contribution in [2.75, 3.05) is 23.7 Å². The zero-order valence-corrected chi connectivity index (χ0v) is 22.0. The number of nitrogens with zero attached hydrogens (tertiary/aromatic N) is 2. The van der Waals surface area contributed by atoms with Crippen molar-refractivity contribution in [3.05, 3.63) is 65.0 Å². The maximum Gasteiger partial charge on any atom is 0.244 e. The quantitative estimate of drug-likeness (QED) is 0.443. The molecule has 35 heavy (non-hydrogen) atoms. The molecule has 1 atom stereocenters. The number of sulfonamides is 1. The van der Waals surface area contributed by atoms with Crippen LogP contribution in [0.25, 0.3) is 0 Å². The molecule has 0 aliphatic heterocycles. The van der Waals surface area contributed by atoms with Crippen LogP contribution in [0.2, 0.25) is 0 Å². The van der Waals surface area contributed by atoms with Crippen molar-refractivity contribution in [2.24, 2.45) is 0 Å². The molecule has 0 spiro atoms. The number of benzene rings is 2. The van der Waals surface area contributed by atoms with Gasteiger partial charge in [-0.1, -0.05) is 38.5 Å². The maximum absolute atomic E-state index is 13.6. The molecule has 0 aliphatic rings. The molecular weight excluding hydrogens is 469 g/mol. The fraction of sp³-hybridized carbons (Fsp3) is 0.462. The molecule has 0 radical (unpaired) electrons. The van der Waals surface area contributed by atoms with Gasteiger partial charge in [-0.2, -0.15) is 0 Å². The highest BCUT2D eigenvalue weighted by Crippen LogP contribution is 2.22. The van der Waals surface area contributed by atoms with Crippen molar-refractivity contribution in [3.63, 3.8) is 0 Å². The minimum absolute atomic E-state index is 0.0450. The summed E-state index contributed by atoms with van der Waals surface area (Å²) in [6.07, 6.45) is 3.11. The second-order valence-corrected chi connectivity index (χ2v) is 10.7. The Morgan fingerprint density at radius 3 is 2.23 bits per heavy atom. The lowest BCUT2D eigenvalue weighted by Crippen LogP contribution is -2.52. The van der Waals surface area contributed by atoms with Crippen LogP contribution in [0, 0.1) is 19.7 Å². The van der Waals surface area contributed by atoms with Gasteiger partial charge in [0.25, 0.3) is 0 Å². The van der Waals surface area contributed by atoms with Crippen LogP contribution in [-0.4, -0.2) is 50.5 Å². The van der Waals surface area contributed by atoms with E-state index in [-0.39, 0.29) is 12.5 Å². The Bertz CT molecular complexity index is 1120. The molecule has 0 saturated heterocycles. The van der Waals surface area contributed by atoms with Gasteiger partial charge >= 0.3 is 0 Å². The lowest BCUT2D eigenvalue weighted by atomic mass is 10.1. The summed E-state index contributed by atoms with van der Waals surface area (Å²) in [5.74, 6) is -1.22. The molecule has 7 nitrogen and oxygen atoms in total. The number of carbonyl (C=O) groups excluding carboxylic acids is 2. The normalized spacial score (nSPS) is 12.2. The van der Waals surface area contributed by atoms with E-state index in [1.807, 2.05) is 20.8 Å². The van der Waals surface area contributed by atoms with Crippen LogP contribution < -0.4 is 9.62 Å². The topological polar surface area (TPSA) is 86.8 Å². The highest BCUT2D eigenvalue weighted by Gasteiger charge is 2.31. The summed E-state index contributed by atoms with van der Waals surface area (Å²) in [6, 6.07) is 10.1. The van der Waals surface area contributed by atoms with Crippen molar-refractivity contribution in [1.29, 1.82) is 0 Å². The summed E-state index contributed by atoms with van der Waals surface area (Å²) in [6.45, 7) is 7.68. The summed E-state index contributed by atoms with van der Waals surface area (Å²) >= 11 is 0. The number of halogens is 1. The molecule has 2 aromatic rings. The van der Waals surface area contributed by atoms with Crippen LogP contribution in [0.1, 0.15) is 49.8 Å². The fourth-order valence-corrected chi connectivity index (χ4v) is 4.55. The van der Waals surface area contributed by atoms with Gasteiger partial charge in [-0.15, -0.1) is 0 Å². The summed E-state index contributed by atoms with van der Waals surface area (Å²) < 4.78 is 39.8. The first-order valence-electron chi connectivity index (χ1n) is 11.8. The van der Waals surface area contributed by atoms with Gasteiger partial charge in [-0.3, -0.25) is 13.9 Å². The van der Waals surface area contributed by atoms with Gasteiger partial charge in [-0.05, 0) is 67.6 Å². The predicted molar refractivity (Wildman–Crippen MR) is 137 cm³/mol. The van der Waals surface area contributed by atoms with Crippen LogP contribution in [0.5, 0.6) is 0 Å². The molecule has 0 bridgehead atoms. The number of aryl methyl sites for hydroxylation is 2. The second kappa shape index (κ2) is 12.7. The molecular formula is C26H36FN3O4S. The van der Waals surface area contributed by atoms with Crippen LogP contribution in [0.3, 0.4) is 0 Å². The molecule has 0 fully saturated rings. The largest absolute Gasteiger partial charge is 0.354 e. The molecule has 2 rings (SSSR count). The van der Waals surface area contributed by atoms with Crippen molar-refractivity contribution >= 4 is 27.5 Å². The predicted octanol–water partition coefficient (Wildman–Crippen LogP) is 3.93. The van der Waals surface area contributed by atoms with Crippen LogP contribution >= 0.6 is 0 Å². The third-order valence-electron chi connectivity index (χ3n) is 5.94. The number of hydrogen-bond donors (Lipinski definition) is 1. The Morgan fingerprint density at radius 1 is 1.03 bits per heavy atom. The first kappa shape index (κ1) is 28.3. The molecule has 192 valence electrons. The standard InChI is InChI=1S/C26H36FN3O4S/c1-6-8-15-28-26(32)24(7-2)29(17-21-10-12-22(27)13-11-21)25(31)18-30(35(5,33)34)23-14-9-19(3)20(4)16-23/h9-14,16,24H,6-8,15,17-18H2,1-5H3,(H,28,32)/t24-/m0/s1. The number of nitrogens with one attached hydrogen (secondary N) is 1. The van der Waals surface area contributed by atoms with Crippen molar-refractivity contribution in [2.45, 2.75) is 59.5 Å². The zero-order valence-electron chi connectivity index (χ0n) is 21.2. The Hall–Kier alpha value is -2.94. The fourth-order valence-electron chi connectivity index (χ4n) is 3.71. The molecule has 9 heteroatoms. The van der Waals surface area contributed by atoms with E-state index in [0.29, 0.717) is 24.2 Å². The third-order valence-corrected chi connectivity index (χ3v) is 7.08. The van der Waals surface area contributed by atoms with Crippen LogP contribution in [0.15, 0.2) is 42.5 Å². The molecule has 2 aromatic carbocycles. The minimum Gasteiger partial charge on any atom is -0.354 e. The average Bonchev–Trinajstić information content (AvgIpc) is 2.80. The third kappa shape index (κ3) is 8.06. The van der Waals surface area contributed by atoms with E-state index >= 15 is 0 Å². The smallest absolute Gasteiger partial charge is 0.244 e. The summed E-state index contributed by atoms with van der Waals surface area (Å²) in [5.41, 5.74) is 2.91. The van der Waals surface area contributed by atoms with Gasteiger partial charge in [0.15, 0.2) is 0 Å². The molecule has 0 saturated carbocycles. The Kier molecular flexibility index (Phi) is 10.2. The van der Waals surface area contributed by atoms with E-state index in [0.717, 1.165) is 34.5 Å². The molecule has 0 heterocycles. The number of unbranched alkanes of at least 4 members (excludes halogenated alkanes) is 1. The van der Waals surface area contributed by atoms with Gasteiger partial charge < -0.3 is 10.2 Å². The van der Waals surface area contributed by atoms with Crippen LogP contribution in [0.4, 0.5) is 10.1 Å². The minimum atomic E-state index is -3.79. The Morgan fingerprint density at radius 2 is 1.69 bits per heavy atom. The first-order chi connectivity index (χ1) is 16.5. The van der Waals surface area contributed by atoms with Crippen LogP contribution in [-0.2, 0) is 26.2 Å². The summed E-state index contributed by atoms with van der Waals surface area (Å²) in [7, 11) is -3.79. The monoisotopic (exact) mass is 505 g/mol. The van der Waals surface area contributed by atoms with E-state index < -0.39 is 34.3 Å². The number of carbonyl (C=O) groups is 2. The summed E-state index contributed by atoms with van der Waals surface area (Å²) in [4.78, 5) is 28.0. The average molecular weight is 506 g/mol.